The van der Waals surface area contributed by atoms with Gasteiger partial charge in [-0.1, -0.05) is 6.92 Å². The number of rotatable bonds is 6. The van der Waals surface area contributed by atoms with E-state index in [9.17, 15) is 4.79 Å². The van der Waals surface area contributed by atoms with Crippen molar-refractivity contribution in [3.8, 4) is 0 Å². The van der Waals surface area contributed by atoms with Gasteiger partial charge in [0.25, 0.3) is 5.91 Å². The van der Waals surface area contributed by atoms with Gasteiger partial charge in [0.05, 0.1) is 18.0 Å². The summed E-state index contributed by atoms with van der Waals surface area (Å²) in [4.78, 5) is 12.1. The zero-order chi connectivity index (χ0) is 13.7. The number of hydrogen-bond donors (Lipinski definition) is 2. The SMILES string of the molecule is CCOCC(C)NC(=O)c1c(N)c(CC)nn1C. The second kappa shape index (κ2) is 6.39. The van der Waals surface area contributed by atoms with Crippen molar-refractivity contribution in [2.75, 3.05) is 18.9 Å². The summed E-state index contributed by atoms with van der Waals surface area (Å²) in [5, 5.41) is 7.06. The van der Waals surface area contributed by atoms with E-state index in [1.165, 1.54) is 4.68 Å². The fourth-order valence-corrected chi connectivity index (χ4v) is 1.75. The van der Waals surface area contributed by atoms with Gasteiger partial charge in [0.1, 0.15) is 5.69 Å². The van der Waals surface area contributed by atoms with E-state index < -0.39 is 0 Å². The Kier molecular flexibility index (Phi) is 5.15. The van der Waals surface area contributed by atoms with Crippen LogP contribution in [0.3, 0.4) is 0 Å². The number of hydrogen-bond acceptors (Lipinski definition) is 4. The number of aryl methyl sites for hydroxylation is 2. The molecule has 6 heteroatoms. The lowest BCUT2D eigenvalue weighted by molar-refractivity contribution is 0.0864. The van der Waals surface area contributed by atoms with Gasteiger partial charge in [0, 0.05) is 19.7 Å². The predicted octanol–water partition coefficient (Wildman–Crippen LogP) is 0.719. The molecule has 1 amide bonds. The summed E-state index contributed by atoms with van der Waals surface area (Å²) in [5.74, 6) is -0.214. The Balaban J connectivity index is 2.75. The number of carbonyl (C=O) groups excluding carboxylic acids is 1. The highest BCUT2D eigenvalue weighted by Crippen LogP contribution is 2.16. The van der Waals surface area contributed by atoms with E-state index in [2.05, 4.69) is 10.4 Å². The molecule has 0 fully saturated rings. The van der Waals surface area contributed by atoms with Gasteiger partial charge in [-0.3, -0.25) is 9.48 Å². The largest absolute Gasteiger partial charge is 0.395 e. The molecule has 1 unspecified atom stereocenters. The lowest BCUT2D eigenvalue weighted by Gasteiger charge is -2.13. The van der Waals surface area contributed by atoms with Crippen LogP contribution in [0.1, 0.15) is 37.0 Å². The van der Waals surface area contributed by atoms with Crippen LogP contribution in [0, 0.1) is 0 Å². The van der Waals surface area contributed by atoms with E-state index in [0.717, 1.165) is 5.69 Å². The van der Waals surface area contributed by atoms with Crippen LogP contribution >= 0.6 is 0 Å². The Labute approximate surface area is 107 Å². The molecule has 6 nitrogen and oxygen atoms in total. The molecule has 0 aromatic carbocycles. The van der Waals surface area contributed by atoms with Crippen molar-refractivity contribution in [1.82, 2.24) is 15.1 Å². The van der Waals surface area contributed by atoms with Gasteiger partial charge in [-0.2, -0.15) is 5.10 Å². The lowest BCUT2D eigenvalue weighted by Crippen LogP contribution is -2.37. The molecule has 3 N–H and O–H groups in total. The third-order valence-electron chi connectivity index (χ3n) is 2.66. The van der Waals surface area contributed by atoms with E-state index in [-0.39, 0.29) is 11.9 Å². The van der Waals surface area contributed by atoms with Gasteiger partial charge in [0.2, 0.25) is 0 Å². The molecular weight excluding hydrogens is 232 g/mol. The first-order valence-electron chi connectivity index (χ1n) is 6.21. The van der Waals surface area contributed by atoms with Gasteiger partial charge in [-0.05, 0) is 20.3 Å². The smallest absolute Gasteiger partial charge is 0.271 e. The first-order valence-corrected chi connectivity index (χ1v) is 6.21. The molecule has 1 aromatic heterocycles. The summed E-state index contributed by atoms with van der Waals surface area (Å²) in [5.41, 5.74) is 7.54. The predicted molar refractivity (Wildman–Crippen MR) is 70.4 cm³/mol. The van der Waals surface area contributed by atoms with Crippen molar-refractivity contribution >= 4 is 11.6 Å². The Morgan fingerprint density at radius 2 is 2.22 bits per heavy atom. The Hall–Kier alpha value is -1.56. The van der Waals surface area contributed by atoms with Crippen LogP contribution in [-0.2, 0) is 18.2 Å². The summed E-state index contributed by atoms with van der Waals surface area (Å²) in [6.45, 7) is 6.88. The maximum atomic E-state index is 12.1. The van der Waals surface area contributed by atoms with Gasteiger partial charge in [-0.15, -0.1) is 0 Å². The Morgan fingerprint density at radius 1 is 1.56 bits per heavy atom. The average Bonchev–Trinajstić information content (AvgIpc) is 2.61. The van der Waals surface area contributed by atoms with Crippen LogP contribution < -0.4 is 11.1 Å². The quantitative estimate of drug-likeness (QED) is 0.783. The van der Waals surface area contributed by atoms with E-state index in [0.29, 0.717) is 31.0 Å². The van der Waals surface area contributed by atoms with Crippen molar-refractivity contribution in [1.29, 1.82) is 0 Å². The lowest BCUT2D eigenvalue weighted by atomic mass is 10.2. The van der Waals surface area contributed by atoms with Gasteiger partial charge in [-0.25, -0.2) is 0 Å². The van der Waals surface area contributed by atoms with Crippen LogP contribution in [0.2, 0.25) is 0 Å². The van der Waals surface area contributed by atoms with Crippen molar-refractivity contribution in [2.45, 2.75) is 33.2 Å². The number of nitrogens with zero attached hydrogens (tertiary/aromatic N) is 2. The Bertz CT molecular complexity index is 414. The molecular formula is C12H22N4O2. The van der Waals surface area contributed by atoms with E-state index >= 15 is 0 Å². The summed E-state index contributed by atoms with van der Waals surface area (Å²) in [6.07, 6.45) is 0.710. The fraction of sp³-hybridized carbons (Fsp3) is 0.667. The zero-order valence-corrected chi connectivity index (χ0v) is 11.5. The number of nitrogens with two attached hydrogens (primary N) is 1. The maximum Gasteiger partial charge on any atom is 0.271 e. The van der Waals surface area contributed by atoms with Crippen molar-refractivity contribution < 1.29 is 9.53 Å². The monoisotopic (exact) mass is 254 g/mol. The van der Waals surface area contributed by atoms with Crippen LogP contribution in [0.15, 0.2) is 0 Å². The molecule has 0 aliphatic heterocycles. The molecule has 18 heavy (non-hydrogen) atoms. The van der Waals surface area contributed by atoms with E-state index in [4.69, 9.17) is 10.5 Å². The molecule has 0 spiro atoms. The van der Waals surface area contributed by atoms with Crippen LogP contribution in [-0.4, -0.2) is 34.9 Å². The first kappa shape index (κ1) is 14.5. The van der Waals surface area contributed by atoms with Crippen LogP contribution in [0.4, 0.5) is 5.69 Å². The van der Waals surface area contributed by atoms with E-state index in [1.54, 1.807) is 7.05 Å². The van der Waals surface area contributed by atoms with Crippen molar-refractivity contribution in [2.24, 2.45) is 7.05 Å². The number of aromatic nitrogens is 2. The molecule has 0 saturated heterocycles. The van der Waals surface area contributed by atoms with Crippen LogP contribution in [0.25, 0.3) is 0 Å². The normalized spacial score (nSPS) is 12.4. The zero-order valence-electron chi connectivity index (χ0n) is 11.5. The highest BCUT2D eigenvalue weighted by Gasteiger charge is 2.20. The number of carbonyl (C=O) groups is 1. The molecule has 1 aromatic rings. The minimum atomic E-state index is -0.214. The number of anilines is 1. The molecule has 1 heterocycles. The maximum absolute atomic E-state index is 12.1. The van der Waals surface area contributed by atoms with Gasteiger partial charge >= 0.3 is 0 Å². The molecule has 0 radical (unpaired) electrons. The number of ether oxygens (including phenoxy) is 1. The van der Waals surface area contributed by atoms with Crippen LogP contribution in [0.5, 0.6) is 0 Å². The minimum Gasteiger partial charge on any atom is -0.395 e. The average molecular weight is 254 g/mol. The summed E-state index contributed by atoms with van der Waals surface area (Å²) in [7, 11) is 1.72. The molecule has 1 atom stereocenters. The molecule has 0 saturated carbocycles. The molecule has 0 bridgehead atoms. The van der Waals surface area contributed by atoms with Gasteiger partial charge in [0.15, 0.2) is 0 Å². The van der Waals surface area contributed by atoms with Crippen molar-refractivity contribution in [3.05, 3.63) is 11.4 Å². The number of nitrogens with one attached hydrogen (secondary N) is 1. The highest BCUT2D eigenvalue weighted by molar-refractivity contribution is 5.98. The molecule has 0 aliphatic rings. The number of amides is 1. The summed E-state index contributed by atoms with van der Waals surface area (Å²) >= 11 is 0. The second-order valence-electron chi connectivity index (χ2n) is 4.22. The first-order chi connectivity index (χ1) is 8.51. The third-order valence-corrected chi connectivity index (χ3v) is 2.66. The third kappa shape index (κ3) is 3.22. The fourth-order valence-electron chi connectivity index (χ4n) is 1.75. The number of nitrogen functional groups attached to an aromatic ring is 1. The molecule has 0 aliphatic carbocycles. The standard InChI is InChI=1S/C12H22N4O2/c1-5-9-10(13)11(16(4)15-9)12(17)14-8(3)7-18-6-2/h8H,5-7,13H2,1-4H3,(H,14,17). The molecule has 1 rings (SSSR count). The summed E-state index contributed by atoms with van der Waals surface area (Å²) < 4.78 is 6.78. The summed E-state index contributed by atoms with van der Waals surface area (Å²) in [6, 6.07) is -0.0585. The van der Waals surface area contributed by atoms with E-state index in [1.807, 2.05) is 20.8 Å². The van der Waals surface area contributed by atoms with Crippen molar-refractivity contribution in [3.63, 3.8) is 0 Å². The molecule has 102 valence electrons. The second-order valence-corrected chi connectivity index (χ2v) is 4.22. The highest BCUT2D eigenvalue weighted by atomic mass is 16.5. The van der Waals surface area contributed by atoms with Gasteiger partial charge < -0.3 is 15.8 Å². The topological polar surface area (TPSA) is 82.2 Å². The minimum absolute atomic E-state index is 0.0585. The Morgan fingerprint density at radius 3 is 2.72 bits per heavy atom.